The second-order valence-corrected chi connectivity index (χ2v) is 4.80. The molecule has 0 saturated heterocycles. The smallest absolute Gasteiger partial charge is 0.0122 e. The Labute approximate surface area is 125 Å². The molecule has 0 atom stereocenters. The first kappa shape index (κ1) is 14.9. The first-order valence-electron chi connectivity index (χ1n) is 5.44. The standard InChI is InChI=1S/C16H14S.Li/c1-3-13-5-9-15(10-6-13)17-16-11-7-14(4-2)8-12-16;/h3-12H,1-2H2;. The van der Waals surface area contributed by atoms with Gasteiger partial charge in [-0.05, 0) is 35.4 Å². The van der Waals surface area contributed by atoms with Crippen LogP contribution in [0.25, 0.3) is 12.2 Å². The summed E-state index contributed by atoms with van der Waals surface area (Å²) in [6.45, 7) is 7.49. The normalized spacial score (nSPS) is 9.33. The SMILES string of the molecule is C=Cc1ccc(Sc2ccc(C=C)cc2)cc1.[Li]. The first-order chi connectivity index (χ1) is 8.31. The van der Waals surface area contributed by atoms with Crippen LogP contribution in [0.1, 0.15) is 11.1 Å². The predicted octanol–water partition coefficient (Wildman–Crippen LogP) is 4.74. The van der Waals surface area contributed by atoms with Gasteiger partial charge in [-0.3, -0.25) is 0 Å². The van der Waals surface area contributed by atoms with E-state index in [-0.39, 0.29) is 18.9 Å². The van der Waals surface area contributed by atoms with Crippen LogP contribution in [0, 0.1) is 0 Å². The van der Waals surface area contributed by atoms with Gasteiger partial charge in [-0.15, -0.1) is 0 Å². The Hall–Kier alpha value is -1.13. The van der Waals surface area contributed by atoms with Crippen molar-refractivity contribution in [2.45, 2.75) is 9.79 Å². The van der Waals surface area contributed by atoms with E-state index < -0.39 is 0 Å². The van der Waals surface area contributed by atoms with Crippen molar-refractivity contribution >= 4 is 42.8 Å². The summed E-state index contributed by atoms with van der Waals surface area (Å²) in [4.78, 5) is 2.48. The molecule has 0 saturated carbocycles. The van der Waals surface area contributed by atoms with Crippen LogP contribution < -0.4 is 0 Å². The summed E-state index contributed by atoms with van der Waals surface area (Å²) in [5.74, 6) is 0. The Kier molecular flexibility index (Phi) is 6.08. The molecule has 0 unspecified atom stereocenters. The van der Waals surface area contributed by atoms with Gasteiger partial charge in [0.05, 0.1) is 0 Å². The maximum atomic E-state index is 3.75. The zero-order chi connectivity index (χ0) is 12.1. The average molecular weight is 245 g/mol. The minimum Gasteiger partial charge on any atom is -0.0985 e. The predicted molar refractivity (Wildman–Crippen MR) is 82.9 cm³/mol. The van der Waals surface area contributed by atoms with Crippen molar-refractivity contribution in [3.63, 3.8) is 0 Å². The molecular weight excluding hydrogens is 231 g/mol. The van der Waals surface area contributed by atoms with Crippen molar-refractivity contribution in [1.82, 2.24) is 0 Å². The molecule has 0 spiro atoms. The van der Waals surface area contributed by atoms with Crippen LogP contribution in [0.15, 0.2) is 71.5 Å². The Morgan fingerprint density at radius 1 is 0.667 bits per heavy atom. The molecule has 2 rings (SSSR count). The van der Waals surface area contributed by atoms with Crippen LogP contribution in [-0.4, -0.2) is 18.9 Å². The molecule has 18 heavy (non-hydrogen) atoms. The van der Waals surface area contributed by atoms with Gasteiger partial charge < -0.3 is 0 Å². The van der Waals surface area contributed by atoms with Crippen LogP contribution in [-0.2, 0) is 0 Å². The number of hydrogen-bond donors (Lipinski definition) is 0. The van der Waals surface area contributed by atoms with Crippen molar-refractivity contribution in [3.05, 3.63) is 72.8 Å². The molecule has 0 fully saturated rings. The Bertz CT molecular complexity index is 462. The molecule has 0 aromatic heterocycles. The minimum absolute atomic E-state index is 0. The zero-order valence-corrected chi connectivity index (χ0v) is 11.4. The van der Waals surface area contributed by atoms with Gasteiger partial charge in [0.1, 0.15) is 0 Å². The van der Waals surface area contributed by atoms with E-state index in [1.807, 2.05) is 12.2 Å². The summed E-state index contributed by atoms with van der Waals surface area (Å²) in [7, 11) is 0. The fourth-order valence-electron chi connectivity index (χ4n) is 1.48. The van der Waals surface area contributed by atoms with Crippen molar-refractivity contribution < 1.29 is 0 Å². The fraction of sp³-hybridized carbons (Fsp3) is 0. The van der Waals surface area contributed by atoms with E-state index in [1.165, 1.54) is 9.79 Å². The molecule has 0 N–H and O–H groups in total. The van der Waals surface area contributed by atoms with Gasteiger partial charge in [0.15, 0.2) is 0 Å². The third-order valence-corrected chi connectivity index (χ3v) is 3.48. The number of hydrogen-bond acceptors (Lipinski definition) is 1. The molecule has 0 aliphatic heterocycles. The van der Waals surface area contributed by atoms with Gasteiger partial charge in [-0.1, -0.05) is 61.3 Å². The van der Waals surface area contributed by atoms with E-state index in [4.69, 9.17) is 0 Å². The largest absolute Gasteiger partial charge is 0.0985 e. The molecule has 0 amide bonds. The van der Waals surface area contributed by atoms with Crippen molar-refractivity contribution in [2.24, 2.45) is 0 Å². The van der Waals surface area contributed by atoms with E-state index in [2.05, 4.69) is 61.7 Å². The summed E-state index contributed by atoms with van der Waals surface area (Å²) in [6.07, 6.45) is 3.71. The molecular formula is C16H14LiS. The van der Waals surface area contributed by atoms with E-state index >= 15 is 0 Å². The summed E-state index contributed by atoms with van der Waals surface area (Å²) in [5.41, 5.74) is 2.30. The second-order valence-electron chi connectivity index (χ2n) is 3.65. The maximum Gasteiger partial charge on any atom is 0.0122 e. The van der Waals surface area contributed by atoms with Crippen LogP contribution >= 0.6 is 11.8 Å². The van der Waals surface area contributed by atoms with Gasteiger partial charge in [0, 0.05) is 28.7 Å². The molecule has 2 aromatic carbocycles. The fourth-order valence-corrected chi connectivity index (χ4v) is 2.30. The van der Waals surface area contributed by atoms with Gasteiger partial charge in [0.2, 0.25) is 0 Å². The van der Waals surface area contributed by atoms with Crippen molar-refractivity contribution in [2.75, 3.05) is 0 Å². The van der Waals surface area contributed by atoms with Crippen LogP contribution in [0.4, 0.5) is 0 Å². The van der Waals surface area contributed by atoms with Gasteiger partial charge in [-0.2, -0.15) is 0 Å². The Morgan fingerprint density at radius 2 is 1.00 bits per heavy atom. The average Bonchev–Trinajstić information content (AvgIpc) is 2.40. The van der Waals surface area contributed by atoms with Crippen LogP contribution in [0.5, 0.6) is 0 Å². The van der Waals surface area contributed by atoms with Gasteiger partial charge >= 0.3 is 0 Å². The number of benzene rings is 2. The molecule has 0 bridgehead atoms. The second kappa shape index (κ2) is 7.33. The van der Waals surface area contributed by atoms with Crippen molar-refractivity contribution in [3.8, 4) is 0 Å². The van der Waals surface area contributed by atoms with E-state index in [0.717, 1.165) is 11.1 Å². The van der Waals surface area contributed by atoms with Gasteiger partial charge in [0.25, 0.3) is 0 Å². The van der Waals surface area contributed by atoms with Crippen LogP contribution in [0.3, 0.4) is 0 Å². The van der Waals surface area contributed by atoms with Crippen LogP contribution in [0.2, 0.25) is 0 Å². The molecule has 0 aliphatic rings. The monoisotopic (exact) mass is 245 g/mol. The first-order valence-corrected chi connectivity index (χ1v) is 6.26. The minimum atomic E-state index is 0. The number of rotatable bonds is 4. The molecule has 2 heteroatoms. The molecule has 0 nitrogen and oxygen atoms in total. The molecule has 2 aromatic rings. The topological polar surface area (TPSA) is 0 Å². The molecule has 0 heterocycles. The van der Waals surface area contributed by atoms with Crippen molar-refractivity contribution in [1.29, 1.82) is 0 Å². The van der Waals surface area contributed by atoms with E-state index in [9.17, 15) is 0 Å². The quantitative estimate of drug-likeness (QED) is 0.701. The molecule has 85 valence electrons. The van der Waals surface area contributed by atoms with E-state index in [0.29, 0.717) is 0 Å². The summed E-state index contributed by atoms with van der Waals surface area (Å²) < 4.78 is 0. The maximum absolute atomic E-state index is 3.75. The summed E-state index contributed by atoms with van der Waals surface area (Å²) >= 11 is 1.76. The molecule has 1 radical (unpaired) electrons. The Morgan fingerprint density at radius 3 is 1.28 bits per heavy atom. The van der Waals surface area contributed by atoms with Gasteiger partial charge in [-0.25, -0.2) is 0 Å². The summed E-state index contributed by atoms with van der Waals surface area (Å²) in [5, 5.41) is 0. The third-order valence-electron chi connectivity index (χ3n) is 2.47. The Balaban J connectivity index is 0.00000162. The van der Waals surface area contributed by atoms with E-state index in [1.54, 1.807) is 11.8 Å². The summed E-state index contributed by atoms with van der Waals surface area (Å²) in [6, 6.07) is 16.8. The zero-order valence-electron chi connectivity index (χ0n) is 10.6. The third kappa shape index (κ3) is 3.96. The molecule has 0 aliphatic carbocycles.